The third-order valence-corrected chi connectivity index (χ3v) is 2.71. The van der Waals surface area contributed by atoms with Gasteiger partial charge in [0.25, 0.3) is 0 Å². The van der Waals surface area contributed by atoms with Gasteiger partial charge in [-0.1, -0.05) is 0 Å². The van der Waals surface area contributed by atoms with Crippen molar-refractivity contribution >= 4 is 12.0 Å². The minimum atomic E-state index is -0.504. The summed E-state index contributed by atoms with van der Waals surface area (Å²) >= 11 is 0. The predicted molar refractivity (Wildman–Crippen MR) is 84.0 cm³/mol. The van der Waals surface area contributed by atoms with Crippen LogP contribution in [0.15, 0.2) is 0 Å². The Labute approximate surface area is 128 Å². The van der Waals surface area contributed by atoms with Crippen LogP contribution in [-0.2, 0) is 9.53 Å². The zero-order valence-corrected chi connectivity index (χ0v) is 14.3. The van der Waals surface area contributed by atoms with Crippen LogP contribution in [0.2, 0.25) is 0 Å². The number of amides is 2. The lowest BCUT2D eigenvalue weighted by Gasteiger charge is -2.36. The van der Waals surface area contributed by atoms with Crippen LogP contribution in [-0.4, -0.2) is 47.7 Å². The Morgan fingerprint density at radius 2 is 1.67 bits per heavy atom. The molecule has 0 unspecified atom stereocenters. The molecular weight excluding hydrogens is 270 g/mol. The van der Waals surface area contributed by atoms with Gasteiger partial charge < -0.3 is 20.7 Å². The monoisotopic (exact) mass is 301 g/mol. The molecule has 0 rings (SSSR count). The van der Waals surface area contributed by atoms with E-state index < -0.39 is 5.60 Å². The van der Waals surface area contributed by atoms with Gasteiger partial charge >= 0.3 is 6.09 Å². The predicted octanol–water partition coefficient (Wildman–Crippen LogP) is 1.88. The number of primary amides is 1. The lowest BCUT2D eigenvalue weighted by molar-refractivity contribution is -0.118. The fraction of sp³-hybridized carbons (Fsp3) is 0.867. The van der Waals surface area contributed by atoms with Crippen LogP contribution < -0.4 is 11.1 Å². The lowest BCUT2D eigenvalue weighted by atomic mass is 10.1. The average Bonchev–Trinajstić information content (AvgIpc) is 2.22. The number of carbonyl (C=O) groups excluding carboxylic acids is 2. The van der Waals surface area contributed by atoms with Crippen molar-refractivity contribution in [2.75, 3.05) is 19.6 Å². The summed E-state index contributed by atoms with van der Waals surface area (Å²) in [6, 6.07) is 0. The number of rotatable bonds is 7. The molecule has 0 radical (unpaired) electrons. The van der Waals surface area contributed by atoms with Gasteiger partial charge in [-0.05, 0) is 54.5 Å². The number of hydrogen-bond donors (Lipinski definition) is 2. The van der Waals surface area contributed by atoms with Gasteiger partial charge in [0.15, 0.2) is 0 Å². The molecule has 0 saturated carbocycles. The van der Waals surface area contributed by atoms with Crippen molar-refractivity contribution in [2.45, 2.75) is 65.5 Å². The molecule has 0 aliphatic carbocycles. The molecule has 0 atom stereocenters. The van der Waals surface area contributed by atoms with E-state index >= 15 is 0 Å². The molecule has 3 N–H and O–H groups in total. The molecule has 0 aromatic heterocycles. The summed E-state index contributed by atoms with van der Waals surface area (Å²) in [5.74, 6) is -0.290. The topological polar surface area (TPSA) is 84.7 Å². The Balaban J connectivity index is 4.27. The highest BCUT2D eigenvalue weighted by Crippen LogP contribution is 2.17. The van der Waals surface area contributed by atoms with E-state index in [1.807, 2.05) is 41.5 Å². The summed E-state index contributed by atoms with van der Waals surface area (Å²) in [6.45, 7) is 13.4. The van der Waals surface area contributed by atoms with Crippen LogP contribution in [0.1, 0.15) is 54.4 Å². The normalized spacial score (nSPS) is 12.1. The SMILES string of the molecule is CC(C)(C)OC(=O)N(CCNCCCC(N)=O)C(C)(C)C. The maximum Gasteiger partial charge on any atom is 0.410 e. The van der Waals surface area contributed by atoms with Crippen molar-refractivity contribution in [3.8, 4) is 0 Å². The number of ether oxygens (including phenoxy) is 1. The summed E-state index contributed by atoms with van der Waals surface area (Å²) < 4.78 is 5.43. The van der Waals surface area contributed by atoms with E-state index in [2.05, 4.69) is 5.32 Å². The van der Waals surface area contributed by atoms with Crippen LogP contribution in [0.25, 0.3) is 0 Å². The quantitative estimate of drug-likeness (QED) is 0.703. The fourth-order valence-corrected chi connectivity index (χ4v) is 1.72. The second-order valence-electron chi connectivity index (χ2n) is 7.12. The maximum atomic E-state index is 12.2. The fourth-order valence-electron chi connectivity index (χ4n) is 1.72. The molecule has 21 heavy (non-hydrogen) atoms. The van der Waals surface area contributed by atoms with Gasteiger partial charge in [0.05, 0.1) is 0 Å². The molecule has 0 saturated heterocycles. The molecule has 0 aromatic carbocycles. The van der Waals surface area contributed by atoms with Gasteiger partial charge in [-0.15, -0.1) is 0 Å². The summed E-state index contributed by atoms with van der Waals surface area (Å²) in [5, 5.41) is 3.20. The number of carbonyl (C=O) groups is 2. The molecule has 0 heterocycles. The van der Waals surface area contributed by atoms with Crippen molar-refractivity contribution in [3.63, 3.8) is 0 Å². The second-order valence-corrected chi connectivity index (χ2v) is 7.12. The molecule has 0 aromatic rings. The van der Waals surface area contributed by atoms with Gasteiger partial charge in [-0.2, -0.15) is 0 Å². The molecule has 0 bridgehead atoms. The molecule has 2 amide bonds. The summed E-state index contributed by atoms with van der Waals surface area (Å²) in [7, 11) is 0. The van der Waals surface area contributed by atoms with E-state index in [4.69, 9.17) is 10.5 Å². The Kier molecular flexibility index (Phi) is 7.71. The van der Waals surface area contributed by atoms with E-state index in [-0.39, 0.29) is 17.5 Å². The van der Waals surface area contributed by atoms with E-state index in [1.165, 1.54) is 0 Å². The first-order valence-electron chi connectivity index (χ1n) is 7.43. The lowest BCUT2D eigenvalue weighted by Crippen LogP contribution is -2.50. The number of nitrogens with one attached hydrogen (secondary N) is 1. The van der Waals surface area contributed by atoms with Crippen molar-refractivity contribution in [2.24, 2.45) is 5.73 Å². The number of nitrogens with two attached hydrogens (primary N) is 1. The average molecular weight is 301 g/mol. The van der Waals surface area contributed by atoms with Crippen molar-refractivity contribution in [3.05, 3.63) is 0 Å². The van der Waals surface area contributed by atoms with Crippen LogP contribution in [0.5, 0.6) is 0 Å². The molecule has 0 aliphatic rings. The van der Waals surface area contributed by atoms with Crippen LogP contribution in [0, 0.1) is 0 Å². The Bertz CT molecular complexity index is 343. The third kappa shape index (κ3) is 10.1. The summed E-state index contributed by atoms with van der Waals surface area (Å²) in [5.41, 5.74) is 4.26. The first-order chi connectivity index (χ1) is 9.43. The zero-order chi connectivity index (χ0) is 16.7. The van der Waals surface area contributed by atoms with Gasteiger partial charge in [0.1, 0.15) is 5.60 Å². The number of hydrogen-bond acceptors (Lipinski definition) is 4. The van der Waals surface area contributed by atoms with Crippen molar-refractivity contribution in [1.29, 1.82) is 0 Å². The molecule has 6 heteroatoms. The van der Waals surface area contributed by atoms with E-state index in [0.29, 0.717) is 32.5 Å². The Morgan fingerprint density at radius 1 is 1.10 bits per heavy atom. The van der Waals surface area contributed by atoms with Crippen molar-refractivity contribution < 1.29 is 14.3 Å². The molecular formula is C15H31N3O3. The second kappa shape index (κ2) is 8.22. The summed E-state index contributed by atoms with van der Waals surface area (Å²) in [4.78, 5) is 24.6. The van der Waals surface area contributed by atoms with Crippen LogP contribution in [0.4, 0.5) is 4.79 Å². The molecule has 6 nitrogen and oxygen atoms in total. The smallest absolute Gasteiger partial charge is 0.410 e. The Morgan fingerprint density at radius 3 is 2.10 bits per heavy atom. The van der Waals surface area contributed by atoms with Crippen molar-refractivity contribution in [1.82, 2.24) is 10.2 Å². The largest absolute Gasteiger partial charge is 0.444 e. The van der Waals surface area contributed by atoms with Crippen LogP contribution >= 0.6 is 0 Å². The van der Waals surface area contributed by atoms with E-state index in [1.54, 1.807) is 4.90 Å². The molecule has 0 aliphatic heterocycles. The molecule has 0 fully saturated rings. The standard InChI is InChI=1S/C15H31N3O3/c1-14(2,3)18(13(20)21-15(4,5)6)11-10-17-9-7-8-12(16)19/h17H,7-11H2,1-6H3,(H2,16,19). The van der Waals surface area contributed by atoms with E-state index in [0.717, 1.165) is 0 Å². The zero-order valence-electron chi connectivity index (χ0n) is 14.3. The van der Waals surface area contributed by atoms with Crippen LogP contribution in [0.3, 0.4) is 0 Å². The van der Waals surface area contributed by atoms with Gasteiger partial charge in [0, 0.05) is 25.0 Å². The van der Waals surface area contributed by atoms with E-state index in [9.17, 15) is 9.59 Å². The van der Waals surface area contributed by atoms with Gasteiger partial charge in [-0.3, -0.25) is 4.79 Å². The van der Waals surface area contributed by atoms with Gasteiger partial charge in [-0.25, -0.2) is 4.79 Å². The number of nitrogens with zero attached hydrogens (tertiary/aromatic N) is 1. The molecule has 124 valence electrons. The maximum absolute atomic E-state index is 12.2. The van der Waals surface area contributed by atoms with Gasteiger partial charge in [0.2, 0.25) is 5.91 Å². The minimum absolute atomic E-state index is 0.290. The highest BCUT2D eigenvalue weighted by atomic mass is 16.6. The highest BCUT2D eigenvalue weighted by Gasteiger charge is 2.30. The highest BCUT2D eigenvalue weighted by molar-refractivity contribution is 5.73. The molecule has 0 spiro atoms. The minimum Gasteiger partial charge on any atom is -0.444 e. The third-order valence-electron chi connectivity index (χ3n) is 2.71. The summed E-state index contributed by atoms with van der Waals surface area (Å²) in [6.07, 6.45) is 0.772. The first kappa shape index (κ1) is 19.7. The first-order valence-corrected chi connectivity index (χ1v) is 7.43. The Hall–Kier alpha value is -1.30.